The van der Waals surface area contributed by atoms with Crippen LogP contribution in [0.25, 0.3) is 10.7 Å². The van der Waals surface area contributed by atoms with Gasteiger partial charge in [-0.15, -0.1) is 23.4 Å². The molecule has 2 aromatic heterocycles. The number of carbonyl (C=O) groups is 1. The van der Waals surface area contributed by atoms with Crippen LogP contribution in [0.3, 0.4) is 0 Å². The number of alkyl halides is 3. The van der Waals surface area contributed by atoms with Crippen molar-refractivity contribution in [3.63, 3.8) is 0 Å². The van der Waals surface area contributed by atoms with Crippen molar-refractivity contribution >= 4 is 22.4 Å². The second-order valence-corrected chi connectivity index (χ2v) is 11.3. The zero-order valence-electron chi connectivity index (χ0n) is 21.1. The lowest BCUT2D eigenvalue weighted by Gasteiger charge is -2.44. The molecule has 0 amide bonds. The summed E-state index contributed by atoms with van der Waals surface area (Å²) in [6.07, 6.45) is -0.599. The average molecular weight is 553 g/mol. The third-order valence-electron chi connectivity index (χ3n) is 6.28. The fraction of sp³-hybridized carbons (Fsp3) is 0.542. The molecular weight excluding hydrogens is 525 g/mol. The van der Waals surface area contributed by atoms with E-state index in [4.69, 9.17) is 9.47 Å². The molecule has 1 saturated heterocycles. The molecule has 2 aliphatic heterocycles. The Labute approximate surface area is 220 Å². The molecule has 204 valence electrons. The van der Waals surface area contributed by atoms with Crippen molar-refractivity contribution in [2.24, 2.45) is 0 Å². The van der Waals surface area contributed by atoms with Crippen LogP contribution in [0.2, 0.25) is 0 Å². The molecule has 14 heteroatoms. The second-order valence-electron chi connectivity index (χ2n) is 10.3. The maximum atomic E-state index is 12.8. The molecule has 38 heavy (non-hydrogen) atoms. The normalized spacial score (nSPS) is 17.2. The lowest BCUT2D eigenvalue weighted by atomic mass is 9.83. The Morgan fingerprint density at radius 2 is 1.95 bits per heavy atom. The number of benzene rings is 1. The number of fused-ring (bicyclic) bond motifs is 1. The average Bonchev–Trinajstić information content (AvgIpc) is 3.47. The van der Waals surface area contributed by atoms with E-state index < -0.39 is 23.5 Å². The number of halogens is 3. The number of esters is 1. The molecule has 1 spiro atoms. The fourth-order valence-corrected chi connectivity index (χ4v) is 5.51. The van der Waals surface area contributed by atoms with Crippen molar-refractivity contribution in [1.82, 2.24) is 25.2 Å². The molecule has 4 heterocycles. The van der Waals surface area contributed by atoms with Crippen LogP contribution in [0.5, 0.6) is 11.5 Å². The summed E-state index contributed by atoms with van der Waals surface area (Å²) < 4.78 is 54.1. The van der Waals surface area contributed by atoms with E-state index in [1.54, 1.807) is 33.0 Å². The van der Waals surface area contributed by atoms with Gasteiger partial charge >= 0.3 is 12.3 Å². The quantitative estimate of drug-likeness (QED) is 0.426. The molecule has 0 saturated carbocycles. The first kappa shape index (κ1) is 26.2. The fourth-order valence-electron chi connectivity index (χ4n) is 4.62. The number of anilines is 1. The van der Waals surface area contributed by atoms with E-state index in [1.165, 1.54) is 28.3 Å². The van der Waals surface area contributed by atoms with Crippen LogP contribution in [0.4, 0.5) is 18.3 Å². The van der Waals surface area contributed by atoms with Crippen molar-refractivity contribution < 1.29 is 32.2 Å². The van der Waals surface area contributed by atoms with Crippen molar-refractivity contribution in [2.75, 3.05) is 18.0 Å². The van der Waals surface area contributed by atoms with Gasteiger partial charge in [0, 0.05) is 31.5 Å². The van der Waals surface area contributed by atoms with Gasteiger partial charge in [0.1, 0.15) is 22.7 Å². The molecule has 2 aliphatic rings. The summed E-state index contributed by atoms with van der Waals surface area (Å²) in [4.78, 5) is 20.6. The minimum atomic E-state index is -4.75. The number of aromatic nitrogens is 5. The monoisotopic (exact) mass is 552 g/mol. The van der Waals surface area contributed by atoms with Gasteiger partial charge in [0.15, 0.2) is 11.7 Å². The maximum absolute atomic E-state index is 12.8. The van der Waals surface area contributed by atoms with Crippen LogP contribution in [-0.2, 0) is 22.5 Å². The number of piperidine rings is 1. The molecule has 0 unspecified atom stereocenters. The smallest absolute Gasteiger partial charge is 0.487 e. The Bertz CT molecular complexity index is 1310. The molecular formula is C24H27F3N6O4S. The summed E-state index contributed by atoms with van der Waals surface area (Å²) in [5, 5.41) is 13.1. The van der Waals surface area contributed by atoms with Gasteiger partial charge in [-0.1, -0.05) is 17.4 Å². The van der Waals surface area contributed by atoms with E-state index in [1.807, 2.05) is 0 Å². The van der Waals surface area contributed by atoms with Crippen molar-refractivity contribution in [1.29, 1.82) is 0 Å². The van der Waals surface area contributed by atoms with Gasteiger partial charge in [0.2, 0.25) is 5.82 Å². The van der Waals surface area contributed by atoms with E-state index in [9.17, 15) is 18.0 Å². The molecule has 0 atom stereocenters. The SMILES string of the molecule is CC(C)(C)OC(=O)Cn1nnc(-c2cnc(N3CCC4(CCc5c(OC(F)(F)F)cccc5O4)CC3)s2)n1. The van der Waals surface area contributed by atoms with Gasteiger partial charge in [-0.2, -0.15) is 4.80 Å². The highest BCUT2D eigenvalue weighted by Crippen LogP contribution is 2.44. The van der Waals surface area contributed by atoms with E-state index in [2.05, 4.69) is 30.0 Å². The lowest BCUT2D eigenvalue weighted by Crippen LogP contribution is -2.49. The van der Waals surface area contributed by atoms with Crippen molar-refractivity contribution in [3.05, 3.63) is 30.0 Å². The van der Waals surface area contributed by atoms with Gasteiger partial charge in [-0.3, -0.25) is 0 Å². The number of ether oxygens (including phenoxy) is 3. The van der Waals surface area contributed by atoms with E-state index >= 15 is 0 Å². The Morgan fingerprint density at radius 3 is 2.66 bits per heavy atom. The summed E-state index contributed by atoms with van der Waals surface area (Å²) in [6, 6.07) is 4.53. The van der Waals surface area contributed by atoms with Crippen molar-refractivity contribution in [3.8, 4) is 22.2 Å². The zero-order chi connectivity index (χ0) is 27.1. The standard InChI is InChI=1S/C24H27F3N6O4S/c1-22(2,3)37-19(34)14-33-30-20(29-31-33)18-13-28-21(38-18)32-11-9-23(10-12-32)8-7-15-16(35-23)5-4-6-17(15)36-24(25,26)27/h4-6,13H,7-12,14H2,1-3H3. The maximum Gasteiger partial charge on any atom is 0.573 e. The number of carbonyl (C=O) groups excluding carboxylic acids is 1. The van der Waals surface area contributed by atoms with E-state index in [0.717, 1.165) is 10.0 Å². The highest BCUT2D eigenvalue weighted by Gasteiger charge is 2.42. The number of tetrazole rings is 1. The highest BCUT2D eigenvalue weighted by molar-refractivity contribution is 7.18. The van der Waals surface area contributed by atoms with Crippen LogP contribution in [0, 0.1) is 0 Å². The molecule has 0 radical (unpaired) electrons. The highest BCUT2D eigenvalue weighted by atomic mass is 32.1. The molecule has 1 aromatic carbocycles. The molecule has 1 fully saturated rings. The number of thiazole rings is 1. The minimum Gasteiger partial charge on any atom is -0.487 e. The third kappa shape index (κ3) is 6.00. The van der Waals surface area contributed by atoms with Gasteiger partial charge in [0.05, 0.1) is 11.1 Å². The number of rotatable bonds is 5. The molecule has 3 aromatic rings. The van der Waals surface area contributed by atoms with Gasteiger partial charge in [-0.05, 0) is 51.0 Å². The summed E-state index contributed by atoms with van der Waals surface area (Å²) in [5.74, 6) is 0.165. The predicted molar refractivity (Wildman–Crippen MR) is 131 cm³/mol. The van der Waals surface area contributed by atoms with Crippen LogP contribution < -0.4 is 14.4 Å². The number of hydrogen-bond donors (Lipinski definition) is 0. The molecule has 0 bridgehead atoms. The summed E-state index contributed by atoms with van der Waals surface area (Å²) >= 11 is 1.42. The Morgan fingerprint density at radius 1 is 1.18 bits per heavy atom. The van der Waals surface area contributed by atoms with Crippen LogP contribution in [0.1, 0.15) is 45.6 Å². The first-order chi connectivity index (χ1) is 17.9. The summed E-state index contributed by atoms with van der Waals surface area (Å²) in [6.45, 7) is 6.58. The van der Waals surface area contributed by atoms with E-state index in [0.29, 0.717) is 55.9 Å². The first-order valence-electron chi connectivity index (χ1n) is 12.2. The predicted octanol–water partition coefficient (Wildman–Crippen LogP) is 4.40. The van der Waals surface area contributed by atoms with Crippen LogP contribution >= 0.6 is 11.3 Å². The first-order valence-corrected chi connectivity index (χ1v) is 13.0. The van der Waals surface area contributed by atoms with Crippen molar-refractivity contribution in [2.45, 2.75) is 70.6 Å². The number of hydrogen-bond acceptors (Lipinski definition) is 10. The Hall–Kier alpha value is -3.42. The molecule has 0 N–H and O–H groups in total. The van der Waals surface area contributed by atoms with Gasteiger partial charge in [0.25, 0.3) is 0 Å². The van der Waals surface area contributed by atoms with Crippen LogP contribution in [0.15, 0.2) is 24.4 Å². The largest absolute Gasteiger partial charge is 0.573 e. The van der Waals surface area contributed by atoms with Gasteiger partial charge < -0.3 is 19.1 Å². The molecule has 5 rings (SSSR count). The summed E-state index contributed by atoms with van der Waals surface area (Å²) in [5.41, 5.74) is -0.585. The molecule has 10 nitrogen and oxygen atoms in total. The lowest BCUT2D eigenvalue weighted by molar-refractivity contribution is -0.275. The Balaban J connectivity index is 1.20. The van der Waals surface area contributed by atoms with Gasteiger partial charge in [-0.25, -0.2) is 9.78 Å². The van der Waals surface area contributed by atoms with Crippen LogP contribution in [-0.4, -0.2) is 61.8 Å². The zero-order valence-corrected chi connectivity index (χ0v) is 21.9. The summed E-state index contributed by atoms with van der Waals surface area (Å²) in [7, 11) is 0. The third-order valence-corrected chi connectivity index (χ3v) is 7.33. The minimum absolute atomic E-state index is 0.142. The molecule has 0 aliphatic carbocycles. The topological polar surface area (TPSA) is 104 Å². The number of nitrogens with zero attached hydrogens (tertiary/aromatic N) is 6. The Kier molecular flexibility index (Phi) is 6.70. The van der Waals surface area contributed by atoms with E-state index in [-0.39, 0.29) is 12.3 Å². The second kappa shape index (κ2) is 9.71.